The van der Waals surface area contributed by atoms with Crippen LogP contribution in [0, 0.1) is 0 Å². The predicted molar refractivity (Wildman–Crippen MR) is 56.2 cm³/mol. The molecule has 0 aliphatic carbocycles. The van der Waals surface area contributed by atoms with Crippen molar-refractivity contribution in [3.05, 3.63) is 24.0 Å². The van der Waals surface area contributed by atoms with E-state index in [0.717, 1.165) is 6.29 Å². The second-order valence-electron chi connectivity index (χ2n) is 3.78. The molecule has 1 aromatic rings. The molecule has 1 heterocycles. The third-order valence-corrected chi connectivity index (χ3v) is 2.07. The molecule has 82 valence electrons. The summed E-state index contributed by atoms with van der Waals surface area (Å²) in [6, 6.07) is 1.61. The number of nitrogens with zero attached hydrogens (tertiary/aromatic N) is 1. The summed E-state index contributed by atoms with van der Waals surface area (Å²) in [5.74, 6) is 0.484. The molecule has 0 aliphatic heterocycles. The highest BCUT2D eigenvalue weighted by Gasteiger charge is 2.18. The lowest BCUT2D eigenvalue weighted by atomic mass is 10.1. The van der Waals surface area contributed by atoms with Crippen molar-refractivity contribution in [2.45, 2.75) is 19.4 Å². The second kappa shape index (κ2) is 4.89. The zero-order valence-corrected chi connectivity index (χ0v) is 9.19. The van der Waals surface area contributed by atoms with E-state index >= 15 is 0 Å². The van der Waals surface area contributed by atoms with Crippen LogP contribution in [0.1, 0.15) is 24.2 Å². The molecule has 0 saturated carbocycles. The normalized spacial score (nSPS) is 11.1. The molecular weight excluding hydrogens is 194 g/mol. The molecule has 0 aliphatic rings. The van der Waals surface area contributed by atoms with Gasteiger partial charge in [0.05, 0.1) is 17.4 Å². The number of pyridine rings is 1. The van der Waals surface area contributed by atoms with Crippen LogP contribution in [0.5, 0.6) is 5.75 Å². The fourth-order valence-corrected chi connectivity index (χ4v) is 0.919. The highest BCUT2D eigenvalue weighted by molar-refractivity contribution is 5.78. The average Bonchev–Trinajstić information content (AvgIpc) is 2.27. The molecule has 0 amide bonds. The van der Waals surface area contributed by atoms with Crippen LogP contribution >= 0.6 is 0 Å². The van der Waals surface area contributed by atoms with Crippen molar-refractivity contribution in [3.8, 4) is 5.75 Å². The van der Waals surface area contributed by atoms with Crippen molar-refractivity contribution in [1.29, 1.82) is 0 Å². The molecule has 0 bridgehead atoms. The number of rotatable bonds is 5. The Hall–Kier alpha value is -1.42. The molecule has 0 spiro atoms. The Labute approximate surface area is 89.2 Å². The van der Waals surface area contributed by atoms with Gasteiger partial charge in [-0.25, -0.2) is 0 Å². The predicted octanol–water partition coefficient (Wildman–Crippen LogP) is 1.70. The maximum atomic E-state index is 10.7. The summed E-state index contributed by atoms with van der Waals surface area (Å²) < 4.78 is 10.7. The first-order chi connectivity index (χ1) is 7.09. The number of methoxy groups -OCH3 is 1. The van der Waals surface area contributed by atoms with Gasteiger partial charge in [-0.2, -0.15) is 0 Å². The number of carbonyl (C=O) groups excluding carboxylic acids is 1. The average molecular weight is 209 g/mol. The van der Waals surface area contributed by atoms with Gasteiger partial charge in [-0.15, -0.1) is 0 Å². The van der Waals surface area contributed by atoms with Crippen LogP contribution in [0.25, 0.3) is 0 Å². The fourth-order valence-electron chi connectivity index (χ4n) is 0.919. The quantitative estimate of drug-likeness (QED) is 0.692. The van der Waals surface area contributed by atoms with Crippen molar-refractivity contribution >= 4 is 6.29 Å². The maximum Gasteiger partial charge on any atom is 0.153 e. The van der Waals surface area contributed by atoms with E-state index < -0.39 is 0 Å². The second-order valence-corrected chi connectivity index (χ2v) is 3.78. The molecule has 0 unspecified atom stereocenters. The van der Waals surface area contributed by atoms with Crippen LogP contribution in [0.15, 0.2) is 18.5 Å². The minimum atomic E-state index is -0.379. The van der Waals surface area contributed by atoms with Crippen LogP contribution in [-0.4, -0.2) is 30.6 Å². The molecule has 4 heteroatoms. The lowest BCUT2D eigenvalue weighted by Crippen LogP contribution is -2.31. The Kier molecular flexibility index (Phi) is 3.80. The molecule has 15 heavy (non-hydrogen) atoms. The van der Waals surface area contributed by atoms with Crippen LogP contribution in [0.4, 0.5) is 0 Å². The third-order valence-electron chi connectivity index (χ3n) is 2.07. The van der Waals surface area contributed by atoms with Gasteiger partial charge in [-0.3, -0.25) is 9.78 Å². The van der Waals surface area contributed by atoms with E-state index in [9.17, 15) is 4.79 Å². The first kappa shape index (κ1) is 11.7. The zero-order chi connectivity index (χ0) is 11.3. The van der Waals surface area contributed by atoms with E-state index in [4.69, 9.17) is 9.47 Å². The minimum absolute atomic E-state index is 0.371. The monoisotopic (exact) mass is 209 g/mol. The van der Waals surface area contributed by atoms with E-state index in [1.165, 1.54) is 6.20 Å². The highest BCUT2D eigenvalue weighted by Crippen LogP contribution is 2.17. The molecule has 0 radical (unpaired) electrons. The van der Waals surface area contributed by atoms with Crippen molar-refractivity contribution in [2.24, 2.45) is 0 Å². The number of ether oxygens (including phenoxy) is 2. The third kappa shape index (κ3) is 3.32. The van der Waals surface area contributed by atoms with Crippen molar-refractivity contribution < 1.29 is 14.3 Å². The Bertz CT molecular complexity index is 336. The van der Waals surface area contributed by atoms with Gasteiger partial charge >= 0.3 is 0 Å². The zero-order valence-electron chi connectivity index (χ0n) is 9.19. The first-order valence-electron chi connectivity index (χ1n) is 4.66. The summed E-state index contributed by atoms with van der Waals surface area (Å²) in [6.07, 6.45) is 3.82. The molecule has 0 aromatic carbocycles. The molecule has 0 fully saturated rings. The van der Waals surface area contributed by atoms with Crippen LogP contribution in [0.2, 0.25) is 0 Å². The topological polar surface area (TPSA) is 48.4 Å². The fraction of sp³-hybridized carbons (Fsp3) is 0.455. The Morgan fingerprint density at radius 3 is 2.87 bits per heavy atom. The van der Waals surface area contributed by atoms with Crippen molar-refractivity contribution in [1.82, 2.24) is 4.98 Å². The number of aromatic nitrogens is 1. The van der Waals surface area contributed by atoms with Gasteiger partial charge in [0.2, 0.25) is 0 Å². The summed E-state index contributed by atoms with van der Waals surface area (Å²) in [6.45, 7) is 4.18. The molecule has 1 aromatic heterocycles. The van der Waals surface area contributed by atoms with E-state index in [2.05, 4.69) is 4.98 Å². The van der Waals surface area contributed by atoms with Gasteiger partial charge in [-0.05, 0) is 19.9 Å². The minimum Gasteiger partial charge on any atom is -0.488 e. The number of carbonyl (C=O) groups is 1. The Morgan fingerprint density at radius 1 is 1.53 bits per heavy atom. The van der Waals surface area contributed by atoms with Gasteiger partial charge in [0.25, 0.3) is 0 Å². The van der Waals surface area contributed by atoms with E-state index in [0.29, 0.717) is 17.9 Å². The van der Waals surface area contributed by atoms with Crippen molar-refractivity contribution in [2.75, 3.05) is 13.7 Å². The number of aldehydes is 1. The molecule has 0 saturated heterocycles. The Balaban J connectivity index is 2.69. The summed E-state index contributed by atoms with van der Waals surface area (Å²) >= 11 is 0. The van der Waals surface area contributed by atoms with Gasteiger partial charge in [0.1, 0.15) is 12.4 Å². The van der Waals surface area contributed by atoms with Gasteiger partial charge in [0.15, 0.2) is 6.29 Å². The van der Waals surface area contributed by atoms with Crippen LogP contribution in [0.3, 0.4) is 0 Å². The molecule has 0 N–H and O–H groups in total. The van der Waals surface area contributed by atoms with Crippen LogP contribution < -0.4 is 4.74 Å². The lowest BCUT2D eigenvalue weighted by molar-refractivity contribution is -0.0148. The maximum absolute atomic E-state index is 10.7. The SMILES string of the molecule is COC(C)(C)COc1cnccc1C=O. The first-order valence-corrected chi connectivity index (χ1v) is 4.66. The molecule has 1 rings (SSSR count). The van der Waals surface area contributed by atoms with Gasteiger partial charge < -0.3 is 9.47 Å². The van der Waals surface area contributed by atoms with Gasteiger partial charge in [0, 0.05) is 13.3 Å². The number of hydrogen-bond acceptors (Lipinski definition) is 4. The van der Waals surface area contributed by atoms with E-state index in [-0.39, 0.29) is 5.60 Å². The molecule has 0 atom stereocenters. The lowest BCUT2D eigenvalue weighted by Gasteiger charge is -2.23. The standard InChI is InChI=1S/C11H15NO3/c1-11(2,14-3)8-15-10-6-12-5-4-9(10)7-13/h4-7H,8H2,1-3H3. The smallest absolute Gasteiger partial charge is 0.153 e. The largest absolute Gasteiger partial charge is 0.488 e. The molecular formula is C11H15NO3. The molecule has 4 nitrogen and oxygen atoms in total. The van der Waals surface area contributed by atoms with Gasteiger partial charge in [-0.1, -0.05) is 0 Å². The van der Waals surface area contributed by atoms with E-state index in [1.54, 1.807) is 19.4 Å². The summed E-state index contributed by atoms with van der Waals surface area (Å²) in [7, 11) is 1.62. The van der Waals surface area contributed by atoms with E-state index in [1.807, 2.05) is 13.8 Å². The Morgan fingerprint density at radius 2 is 2.27 bits per heavy atom. The summed E-state index contributed by atoms with van der Waals surface area (Å²) in [4.78, 5) is 14.6. The number of hydrogen-bond donors (Lipinski definition) is 0. The van der Waals surface area contributed by atoms with Crippen molar-refractivity contribution in [3.63, 3.8) is 0 Å². The highest BCUT2D eigenvalue weighted by atomic mass is 16.5. The summed E-state index contributed by atoms with van der Waals surface area (Å²) in [5.41, 5.74) is 0.118. The van der Waals surface area contributed by atoms with Crippen LogP contribution in [-0.2, 0) is 4.74 Å². The summed E-state index contributed by atoms with van der Waals surface area (Å²) in [5, 5.41) is 0.